The fraction of sp³-hybridized carbons (Fsp3) is 0.609. The van der Waals surface area contributed by atoms with E-state index in [2.05, 4.69) is 22.2 Å². The standard InChI is InChI=1S/C17H27Cl2N5.C6H12O7/c1-2-3-4-5-6-7-10-22-16(20)24-17(21)23-12-13-8-9-14(18)15(19)11-13;7-1-2(8)3(9)4(10)5(11)6(12)13/h8-9,11H,2-7,10,12H2,1H3,(H5,20,21,22,23,24);2-5,7-11H,1H2,(H,12,13)/t;2-,3-,4+,5-/m.1/s1. The van der Waals surface area contributed by atoms with Gasteiger partial charge in [-0.1, -0.05) is 68.3 Å². The predicted molar refractivity (Wildman–Crippen MR) is 144 cm³/mol. The molecule has 212 valence electrons. The highest BCUT2D eigenvalue weighted by atomic mass is 35.5. The van der Waals surface area contributed by atoms with E-state index >= 15 is 0 Å². The number of rotatable bonds is 14. The van der Waals surface area contributed by atoms with Crippen molar-refractivity contribution in [2.24, 2.45) is 21.5 Å². The molecule has 0 spiro atoms. The summed E-state index contributed by atoms with van der Waals surface area (Å²) in [7, 11) is 0. The Hall–Kier alpha value is -2.19. The average molecular weight is 568 g/mol. The maximum Gasteiger partial charge on any atom is 0.335 e. The van der Waals surface area contributed by atoms with Crippen molar-refractivity contribution in [1.29, 1.82) is 0 Å². The Kier molecular flexibility index (Phi) is 18.7. The van der Waals surface area contributed by atoms with Crippen molar-refractivity contribution in [3.63, 3.8) is 0 Å². The zero-order valence-corrected chi connectivity index (χ0v) is 22.3. The number of nitrogens with one attached hydrogen (secondary N) is 1. The molecule has 14 heteroatoms. The smallest absolute Gasteiger partial charge is 0.335 e. The fourth-order valence-electron chi connectivity index (χ4n) is 2.78. The molecule has 0 heterocycles. The lowest BCUT2D eigenvalue weighted by molar-refractivity contribution is -0.164. The summed E-state index contributed by atoms with van der Waals surface area (Å²) in [4.78, 5) is 18.5. The number of carbonyl (C=O) groups is 1. The molecular formula is C23H39Cl2N5O7. The first kappa shape index (κ1) is 34.8. The van der Waals surface area contributed by atoms with Crippen LogP contribution in [0.5, 0.6) is 0 Å². The summed E-state index contributed by atoms with van der Waals surface area (Å²) in [5.41, 5.74) is 12.5. The Morgan fingerprint density at radius 3 is 2.11 bits per heavy atom. The van der Waals surface area contributed by atoms with Crippen LogP contribution < -0.4 is 16.8 Å². The van der Waals surface area contributed by atoms with Gasteiger partial charge in [0, 0.05) is 6.54 Å². The van der Waals surface area contributed by atoms with E-state index in [1.807, 2.05) is 6.07 Å². The van der Waals surface area contributed by atoms with Crippen molar-refractivity contribution in [1.82, 2.24) is 5.32 Å². The summed E-state index contributed by atoms with van der Waals surface area (Å²) in [5.74, 6) is -1.21. The second-order valence-corrected chi connectivity index (χ2v) is 8.94. The zero-order chi connectivity index (χ0) is 28.4. The van der Waals surface area contributed by atoms with E-state index in [-0.39, 0.29) is 5.96 Å². The third-order valence-electron chi connectivity index (χ3n) is 4.97. The van der Waals surface area contributed by atoms with E-state index in [9.17, 15) is 4.79 Å². The van der Waals surface area contributed by atoms with Gasteiger partial charge in [0.25, 0.3) is 0 Å². The van der Waals surface area contributed by atoms with E-state index in [4.69, 9.17) is 65.3 Å². The number of halogens is 2. The summed E-state index contributed by atoms with van der Waals surface area (Å²) in [6.07, 6.45) is -0.513. The number of aliphatic hydroxyl groups is 5. The maximum atomic E-state index is 10.1. The molecule has 1 aromatic carbocycles. The summed E-state index contributed by atoms with van der Waals surface area (Å²) >= 11 is 11.8. The van der Waals surface area contributed by atoms with Crippen molar-refractivity contribution >= 4 is 41.1 Å². The number of benzene rings is 1. The third kappa shape index (κ3) is 15.6. The summed E-state index contributed by atoms with van der Waals surface area (Å²) in [5, 5.41) is 55.6. The van der Waals surface area contributed by atoms with E-state index in [0.29, 0.717) is 29.1 Å². The number of carboxylic acid groups (broad SMARTS) is 1. The first-order valence-electron chi connectivity index (χ1n) is 11.8. The molecule has 0 amide bonds. The monoisotopic (exact) mass is 567 g/mol. The average Bonchev–Trinajstić information content (AvgIpc) is 2.87. The lowest BCUT2D eigenvalue weighted by Crippen LogP contribution is -2.48. The van der Waals surface area contributed by atoms with Gasteiger partial charge in [-0.15, -0.1) is 0 Å². The van der Waals surface area contributed by atoms with Gasteiger partial charge in [-0.25, -0.2) is 9.79 Å². The van der Waals surface area contributed by atoms with Gasteiger partial charge in [0.1, 0.15) is 18.3 Å². The minimum atomic E-state index is -2.20. The van der Waals surface area contributed by atoms with Crippen LogP contribution in [0.1, 0.15) is 51.0 Å². The van der Waals surface area contributed by atoms with Crippen molar-refractivity contribution in [2.75, 3.05) is 13.2 Å². The molecule has 0 aromatic heterocycles. The number of aliphatic hydroxyl groups excluding tert-OH is 5. The van der Waals surface area contributed by atoms with Crippen LogP contribution in [0.3, 0.4) is 0 Å². The number of guanidine groups is 2. The highest BCUT2D eigenvalue weighted by molar-refractivity contribution is 6.42. The highest BCUT2D eigenvalue weighted by Crippen LogP contribution is 2.22. The molecule has 4 atom stereocenters. The molecule has 1 aromatic rings. The highest BCUT2D eigenvalue weighted by Gasteiger charge is 2.33. The molecule has 0 saturated carbocycles. The van der Waals surface area contributed by atoms with Crippen LogP contribution in [-0.2, 0) is 11.3 Å². The number of aliphatic carboxylic acids is 1. The molecule has 0 saturated heterocycles. The molecule has 1 rings (SSSR count). The Labute approximate surface area is 226 Å². The largest absolute Gasteiger partial charge is 0.479 e. The number of aliphatic imine (C=N–C) groups is 2. The van der Waals surface area contributed by atoms with Gasteiger partial charge < -0.3 is 42.1 Å². The van der Waals surface area contributed by atoms with Gasteiger partial charge in [-0.05, 0) is 24.1 Å². The van der Waals surface area contributed by atoms with Crippen molar-refractivity contribution in [3.05, 3.63) is 33.8 Å². The van der Waals surface area contributed by atoms with Crippen LogP contribution in [0.2, 0.25) is 10.0 Å². The van der Waals surface area contributed by atoms with Gasteiger partial charge in [0.05, 0.1) is 23.2 Å². The quantitative estimate of drug-likeness (QED) is 0.0861. The van der Waals surface area contributed by atoms with Crippen LogP contribution in [0.25, 0.3) is 0 Å². The Morgan fingerprint density at radius 2 is 1.54 bits per heavy atom. The van der Waals surface area contributed by atoms with Crippen LogP contribution in [0, 0.1) is 0 Å². The van der Waals surface area contributed by atoms with E-state index in [0.717, 1.165) is 12.0 Å². The van der Waals surface area contributed by atoms with E-state index in [1.165, 1.54) is 32.1 Å². The van der Waals surface area contributed by atoms with Gasteiger partial charge >= 0.3 is 5.97 Å². The lowest BCUT2D eigenvalue weighted by atomic mass is 10.0. The first-order chi connectivity index (χ1) is 17.4. The predicted octanol–water partition coefficient (Wildman–Crippen LogP) is 0.580. The topological polar surface area (TPSA) is 227 Å². The number of hydrogen-bond donors (Lipinski definition) is 9. The number of carboxylic acids is 1. The minimum absolute atomic E-state index is 0.227. The third-order valence-corrected chi connectivity index (χ3v) is 5.71. The zero-order valence-electron chi connectivity index (χ0n) is 20.8. The molecule has 12 nitrogen and oxygen atoms in total. The molecule has 0 aliphatic carbocycles. The molecule has 11 N–H and O–H groups in total. The molecule has 0 bridgehead atoms. The van der Waals surface area contributed by atoms with E-state index < -0.39 is 37.0 Å². The molecule has 0 radical (unpaired) electrons. The summed E-state index contributed by atoms with van der Waals surface area (Å²) in [6.45, 7) is 2.46. The Morgan fingerprint density at radius 1 is 0.946 bits per heavy atom. The number of hydrogen-bond acceptors (Lipinski definition) is 8. The van der Waals surface area contributed by atoms with Crippen molar-refractivity contribution in [2.45, 2.75) is 76.4 Å². The molecule has 0 aliphatic rings. The van der Waals surface area contributed by atoms with Crippen molar-refractivity contribution < 1.29 is 35.4 Å². The fourth-order valence-corrected chi connectivity index (χ4v) is 3.11. The SMILES string of the molecule is CCCCCCCCN=C(N)NC(N)=NCc1ccc(Cl)c(Cl)c1.O=C(O)[C@H](O)[C@@H](O)[C@H](O)[C@H](O)CO. The van der Waals surface area contributed by atoms with E-state index in [1.54, 1.807) is 12.1 Å². The van der Waals surface area contributed by atoms with Crippen LogP contribution in [-0.4, -0.2) is 86.1 Å². The lowest BCUT2D eigenvalue weighted by Gasteiger charge is -2.23. The Bertz CT molecular complexity index is 861. The normalized spacial score (nSPS) is 15.2. The number of unbranched alkanes of at least 4 members (excludes halogenated alkanes) is 5. The number of nitrogens with zero attached hydrogens (tertiary/aromatic N) is 2. The van der Waals surface area contributed by atoms with Crippen LogP contribution in [0.15, 0.2) is 28.2 Å². The second kappa shape index (κ2) is 19.9. The minimum Gasteiger partial charge on any atom is -0.479 e. The summed E-state index contributed by atoms with van der Waals surface area (Å²) < 4.78 is 0. The van der Waals surface area contributed by atoms with Crippen molar-refractivity contribution in [3.8, 4) is 0 Å². The van der Waals surface area contributed by atoms with Crippen LogP contribution >= 0.6 is 23.2 Å². The van der Waals surface area contributed by atoms with Gasteiger partial charge in [0.2, 0.25) is 0 Å². The Balaban J connectivity index is 0.000000845. The molecule has 0 aliphatic heterocycles. The molecule has 37 heavy (non-hydrogen) atoms. The maximum absolute atomic E-state index is 10.1. The van der Waals surface area contributed by atoms with Crippen LogP contribution in [0.4, 0.5) is 0 Å². The summed E-state index contributed by atoms with van der Waals surface area (Å²) in [6, 6.07) is 5.34. The van der Waals surface area contributed by atoms with Gasteiger partial charge in [-0.3, -0.25) is 10.3 Å². The first-order valence-corrected chi connectivity index (χ1v) is 12.6. The number of nitrogens with two attached hydrogens (primary N) is 2. The molecular weight excluding hydrogens is 529 g/mol. The molecule has 0 fully saturated rings. The molecule has 0 unspecified atom stereocenters. The van der Waals surface area contributed by atoms with Gasteiger partial charge in [-0.2, -0.15) is 0 Å². The second-order valence-electron chi connectivity index (χ2n) is 8.12. The van der Waals surface area contributed by atoms with Gasteiger partial charge in [0.15, 0.2) is 18.0 Å².